The molecule has 7 heteroatoms. The summed E-state index contributed by atoms with van der Waals surface area (Å²) in [5, 5.41) is 6.94. The molecule has 4 rings (SSSR count). The number of ether oxygens (including phenoxy) is 1. The number of nitrogens with one attached hydrogen (secondary N) is 2. The molecule has 1 aromatic heterocycles. The van der Waals surface area contributed by atoms with E-state index in [1.54, 1.807) is 42.7 Å². The molecule has 0 radical (unpaired) electrons. The monoisotopic (exact) mass is 419 g/mol. The van der Waals surface area contributed by atoms with Crippen molar-refractivity contribution in [2.24, 2.45) is 0 Å². The number of thiocarbonyl (C=S) groups is 1. The molecule has 1 heterocycles. The molecular formula is C22H17N3O2S2. The third kappa shape index (κ3) is 4.26. The van der Waals surface area contributed by atoms with Gasteiger partial charge >= 0.3 is 0 Å². The van der Waals surface area contributed by atoms with Gasteiger partial charge in [0.05, 0.1) is 23.0 Å². The van der Waals surface area contributed by atoms with Crippen LogP contribution < -0.4 is 15.4 Å². The van der Waals surface area contributed by atoms with Crippen molar-refractivity contribution in [2.75, 3.05) is 12.4 Å². The van der Waals surface area contributed by atoms with Crippen molar-refractivity contribution in [2.45, 2.75) is 0 Å². The van der Waals surface area contributed by atoms with E-state index < -0.39 is 0 Å². The summed E-state index contributed by atoms with van der Waals surface area (Å²) in [6, 6.07) is 22.6. The average molecular weight is 420 g/mol. The standard InChI is InChI=1S/C22H17N3O2S2/c1-27-15-12-10-14(11-13-15)20(26)25-22(28)24-17-7-3-2-6-16(17)21-23-18-8-4-5-9-19(18)29-21/h2-13H,1H3,(H2,24,25,26,28). The van der Waals surface area contributed by atoms with E-state index in [-0.39, 0.29) is 11.0 Å². The second-order valence-corrected chi connectivity index (χ2v) is 7.61. The van der Waals surface area contributed by atoms with Gasteiger partial charge in [0.2, 0.25) is 0 Å². The third-order valence-corrected chi connectivity index (χ3v) is 5.55. The van der Waals surface area contributed by atoms with Crippen molar-refractivity contribution in [1.29, 1.82) is 0 Å². The predicted octanol–water partition coefficient (Wildman–Crippen LogP) is 5.10. The number of rotatable bonds is 4. The number of hydrogen-bond donors (Lipinski definition) is 2. The summed E-state index contributed by atoms with van der Waals surface area (Å²) >= 11 is 6.96. The van der Waals surface area contributed by atoms with Crippen molar-refractivity contribution < 1.29 is 9.53 Å². The molecule has 0 fully saturated rings. The fourth-order valence-electron chi connectivity index (χ4n) is 2.84. The summed E-state index contributed by atoms with van der Waals surface area (Å²) in [4.78, 5) is 17.1. The second-order valence-electron chi connectivity index (χ2n) is 6.17. The minimum Gasteiger partial charge on any atom is -0.497 e. The van der Waals surface area contributed by atoms with Crippen LogP contribution in [-0.4, -0.2) is 23.1 Å². The fourth-order valence-corrected chi connectivity index (χ4v) is 4.05. The molecule has 0 atom stereocenters. The summed E-state index contributed by atoms with van der Waals surface area (Å²) in [5.74, 6) is 0.398. The van der Waals surface area contributed by atoms with Gasteiger partial charge in [0.25, 0.3) is 5.91 Å². The SMILES string of the molecule is COc1ccc(C(=O)NC(=S)Nc2ccccc2-c2nc3ccccc3s2)cc1. The van der Waals surface area contributed by atoms with E-state index in [0.29, 0.717) is 11.3 Å². The molecule has 144 valence electrons. The molecule has 0 saturated carbocycles. The van der Waals surface area contributed by atoms with Gasteiger partial charge in [-0.1, -0.05) is 24.3 Å². The summed E-state index contributed by atoms with van der Waals surface area (Å²) < 4.78 is 6.23. The van der Waals surface area contributed by atoms with E-state index in [4.69, 9.17) is 21.9 Å². The molecule has 5 nitrogen and oxygen atoms in total. The van der Waals surface area contributed by atoms with Crippen molar-refractivity contribution in [3.05, 3.63) is 78.4 Å². The Morgan fingerprint density at radius 1 is 1.00 bits per heavy atom. The Bertz CT molecular complexity index is 1150. The van der Waals surface area contributed by atoms with Gasteiger partial charge in [-0.25, -0.2) is 4.98 Å². The number of carbonyl (C=O) groups is 1. The smallest absolute Gasteiger partial charge is 0.257 e. The summed E-state index contributed by atoms with van der Waals surface area (Å²) in [6.45, 7) is 0. The topological polar surface area (TPSA) is 63.2 Å². The molecule has 3 aromatic carbocycles. The minimum atomic E-state index is -0.289. The van der Waals surface area contributed by atoms with Crippen LogP contribution in [0.4, 0.5) is 5.69 Å². The van der Waals surface area contributed by atoms with Crippen LogP contribution in [0.25, 0.3) is 20.8 Å². The lowest BCUT2D eigenvalue weighted by atomic mass is 10.2. The minimum absolute atomic E-state index is 0.222. The van der Waals surface area contributed by atoms with Crippen LogP contribution >= 0.6 is 23.6 Å². The Labute approximate surface area is 177 Å². The van der Waals surface area contributed by atoms with Crippen LogP contribution in [0.15, 0.2) is 72.8 Å². The van der Waals surface area contributed by atoms with Gasteiger partial charge in [0.15, 0.2) is 5.11 Å². The molecule has 0 spiro atoms. The largest absolute Gasteiger partial charge is 0.497 e. The number of thiazole rings is 1. The Hall–Kier alpha value is -3.29. The molecule has 2 N–H and O–H groups in total. The number of carbonyl (C=O) groups excluding carboxylic acids is 1. The zero-order valence-electron chi connectivity index (χ0n) is 15.5. The zero-order chi connectivity index (χ0) is 20.2. The number of methoxy groups -OCH3 is 1. The van der Waals surface area contributed by atoms with Crippen LogP contribution in [0.3, 0.4) is 0 Å². The lowest BCUT2D eigenvalue weighted by molar-refractivity contribution is 0.0977. The molecule has 0 aliphatic carbocycles. The Morgan fingerprint density at radius 2 is 1.72 bits per heavy atom. The van der Waals surface area contributed by atoms with Gasteiger partial charge in [-0.15, -0.1) is 11.3 Å². The number of hydrogen-bond acceptors (Lipinski definition) is 5. The van der Waals surface area contributed by atoms with Gasteiger partial charge in [0.1, 0.15) is 10.8 Å². The van der Waals surface area contributed by atoms with Crippen LogP contribution in [0.2, 0.25) is 0 Å². The first kappa shape index (κ1) is 19.0. The number of para-hydroxylation sites is 2. The molecular weight excluding hydrogens is 402 g/mol. The maximum atomic E-state index is 12.4. The number of amides is 1. The van der Waals surface area contributed by atoms with Crippen molar-refractivity contribution in [3.63, 3.8) is 0 Å². The Morgan fingerprint density at radius 3 is 2.48 bits per heavy atom. The summed E-state index contributed by atoms with van der Waals surface area (Å²) in [6.07, 6.45) is 0. The van der Waals surface area contributed by atoms with E-state index in [1.807, 2.05) is 48.5 Å². The van der Waals surface area contributed by atoms with Gasteiger partial charge in [0, 0.05) is 11.1 Å². The highest BCUT2D eigenvalue weighted by atomic mass is 32.1. The van der Waals surface area contributed by atoms with Gasteiger partial charge < -0.3 is 10.1 Å². The fraction of sp³-hybridized carbons (Fsp3) is 0.0455. The zero-order valence-corrected chi connectivity index (χ0v) is 17.1. The van der Waals surface area contributed by atoms with Crippen LogP contribution in [0.1, 0.15) is 10.4 Å². The van der Waals surface area contributed by atoms with E-state index >= 15 is 0 Å². The first-order chi connectivity index (χ1) is 14.1. The van der Waals surface area contributed by atoms with E-state index in [9.17, 15) is 4.79 Å². The first-order valence-corrected chi connectivity index (χ1v) is 10.1. The highest BCUT2D eigenvalue weighted by Crippen LogP contribution is 2.34. The Balaban J connectivity index is 1.52. The Kier molecular flexibility index (Phi) is 5.50. The molecule has 0 aliphatic heterocycles. The second kappa shape index (κ2) is 8.38. The number of benzene rings is 3. The molecule has 1 amide bonds. The maximum Gasteiger partial charge on any atom is 0.257 e. The van der Waals surface area contributed by atoms with Gasteiger partial charge in [-0.3, -0.25) is 10.1 Å². The van der Waals surface area contributed by atoms with Crippen LogP contribution in [-0.2, 0) is 0 Å². The van der Waals surface area contributed by atoms with Crippen LogP contribution in [0.5, 0.6) is 5.75 Å². The van der Waals surface area contributed by atoms with E-state index in [0.717, 1.165) is 26.5 Å². The van der Waals surface area contributed by atoms with Crippen molar-refractivity contribution in [3.8, 4) is 16.3 Å². The molecule has 4 aromatic rings. The average Bonchev–Trinajstić information content (AvgIpc) is 3.18. The normalized spacial score (nSPS) is 10.5. The highest BCUT2D eigenvalue weighted by Gasteiger charge is 2.13. The first-order valence-electron chi connectivity index (χ1n) is 8.85. The predicted molar refractivity (Wildman–Crippen MR) is 122 cm³/mol. The van der Waals surface area contributed by atoms with Crippen molar-refractivity contribution >= 4 is 50.5 Å². The maximum absolute atomic E-state index is 12.4. The highest BCUT2D eigenvalue weighted by molar-refractivity contribution is 7.80. The number of nitrogens with zero attached hydrogens (tertiary/aromatic N) is 1. The van der Waals surface area contributed by atoms with E-state index in [2.05, 4.69) is 10.6 Å². The lowest BCUT2D eigenvalue weighted by Crippen LogP contribution is -2.34. The van der Waals surface area contributed by atoms with Gasteiger partial charge in [-0.2, -0.15) is 0 Å². The number of anilines is 1. The summed E-state index contributed by atoms with van der Waals surface area (Å²) in [5.41, 5.74) is 3.16. The van der Waals surface area contributed by atoms with Crippen molar-refractivity contribution in [1.82, 2.24) is 10.3 Å². The number of aromatic nitrogens is 1. The third-order valence-electron chi connectivity index (χ3n) is 4.28. The number of fused-ring (bicyclic) bond motifs is 1. The quantitative estimate of drug-likeness (QED) is 0.451. The molecule has 0 aliphatic rings. The van der Waals surface area contributed by atoms with Gasteiger partial charge in [-0.05, 0) is 60.7 Å². The lowest BCUT2D eigenvalue weighted by Gasteiger charge is -2.12. The molecule has 0 unspecified atom stereocenters. The van der Waals surface area contributed by atoms with Crippen LogP contribution in [0, 0.1) is 0 Å². The molecule has 0 bridgehead atoms. The summed E-state index contributed by atoms with van der Waals surface area (Å²) in [7, 11) is 1.58. The van der Waals surface area contributed by atoms with E-state index in [1.165, 1.54) is 0 Å². The molecule has 29 heavy (non-hydrogen) atoms. The molecule has 0 saturated heterocycles.